The lowest BCUT2D eigenvalue weighted by molar-refractivity contribution is -0.117. The fraction of sp³-hybridized carbons (Fsp3) is 0.381. The van der Waals surface area contributed by atoms with Gasteiger partial charge in [-0.15, -0.1) is 0 Å². The molecule has 4 rings (SSSR count). The number of nitrogens with zero attached hydrogens (tertiary/aromatic N) is 2. The number of piperazine rings is 1. The minimum Gasteiger partial charge on any atom is -0.348 e. The SMILES string of the molecule is [2H]C([2H])([2H])C12CC=CCN(CC3=CCC(C(=O)NCc4c(F)cc(F)cc4F)=CN31)C2. The zero-order valence-corrected chi connectivity index (χ0v) is 15.1. The number of nitrogens with one attached hydrogen (secondary N) is 1. The summed E-state index contributed by atoms with van der Waals surface area (Å²) in [5.41, 5.74) is -0.537. The Morgan fingerprint density at radius 1 is 1.29 bits per heavy atom. The van der Waals surface area contributed by atoms with Crippen molar-refractivity contribution in [3.63, 3.8) is 0 Å². The lowest BCUT2D eigenvalue weighted by atomic mass is 9.90. The summed E-state index contributed by atoms with van der Waals surface area (Å²) < 4.78 is 65.4. The molecule has 1 amide bonds. The van der Waals surface area contributed by atoms with Gasteiger partial charge in [0.25, 0.3) is 0 Å². The Morgan fingerprint density at radius 2 is 2.07 bits per heavy atom. The molecule has 3 aliphatic rings. The first kappa shape index (κ1) is 15.4. The number of amides is 1. The number of halogens is 3. The Balaban J connectivity index is 1.58. The van der Waals surface area contributed by atoms with Gasteiger partial charge in [-0.25, -0.2) is 13.2 Å². The fourth-order valence-electron chi connectivity index (χ4n) is 3.86. The molecule has 1 fully saturated rings. The van der Waals surface area contributed by atoms with Crippen molar-refractivity contribution in [2.75, 3.05) is 19.6 Å². The molecule has 1 aromatic carbocycles. The molecule has 3 aliphatic heterocycles. The van der Waals surface area contributed by atoms with Gasteiger partial charge >= 0.3 is 0 Å². The minimum absolute atomic E-state index is 0.268. The second-order valence-electron chi connectivity index (χ2n) is 7.33. The number of benzene rings is 1. The average molecular weight is 392 g/mol. The third-order valence-electron chi connectivity index (χ3n) is 5.29. The summed E-state index contributed by atoms with van der Waals surface area (Å²) in [5, 5.41) is 2.45. The topological polar surface area (TPSA) is 35.6 Å². The van der Waals surface area contributed by atoms with Crippen LogP contribution in [0.15, 0.2) is 47.8 Å². The normalized spacial score (nSPS) is 28.2. The molecule has 0 aliphatic carbocycles. The van der Waals surface area contributed by atoms with Gasteiger partial charge in [-0.3, -0.25) is 9.69 Å². The van der Waals surface area contributed by atoms with E-state index in [2.05, 4.69) is 10.2 Å². The molecule has 2 atom stereocenters. The first-order chi connectivity index (χ1) is 14.6. The highest BCUT2D eigenvalue weighted by atomic mass is 19.1. The molecule has 2 unspecified atom stereocenters. The van der Waals surface area contributed by atoms with Gasteiger partial charge in [0, 0.05) is 65.5 Å². The van der Waals surface area contributed by atoms with Gasteiger partial charge in [0.15, 0.2) is 0 Å². The lowest BCUT2D eigenvalue weighted by Crippen LogP contribution is -2.57. The summed E-state index contributed by atoms with van der Waals surface area (Å²) in [4.78, 5) is 16.5. The first-order valence-corrected chi connectivity index (χ1v) is 9.09. The van der Waals surface area contributed by atoms with Crippen molar-refractivity contribution in [2.45, 2.75) is 31.8 Å². The molecular weight excluding hydrogens is 367 g/mol. The van der Waals surface area contributed by atoms with Gasteiger partial charge in [-0.2, -0.15) is 0 Å². The van der Waals surface area contributed by atoms with E-state index in [1.807, 2.05) is 18.2 Å². The van der Waals surface area contributed by atoms with E-state index in [1.54, 1.807) is 11.1 Å². The smallest absolute Gasteiger partial charge is 0.249 e. The maximum Gasteiger partial charge on any atom is 0.249 e. The highest BCUT2D eigenvalue weighted by Crippen LogP contribution is 2.36. The Morgan fingerprint density at radius 3 is 2.82 bits per heavy atom. The van der Waals surface area contributed by atoms with Crippen LogP contribution < -0.4 is 5.32 Å². The van der Waals surface area contributed by atoms with Crippen LogP contribution >= 0.6 is 0 Å². The van der Waals surface area contributed by atoms with Crippen LogP contribution in [-0.2, 0) is 11.3 Å². The van der Waals surface area contributed by atoms with Crippen LogP contribution in [0.4, 0.5) is 13.2 Å². The summed E-state index contributed by atoms with van der Waals surface area (Å²) in [6, 6.07) is 1.11. The summed E-state index contributed by atoms with van der Waals surface area (Å²) >= 11 is 0. The van der Waals surface area contributed by atoms with Crippen LogP contribution in [0.5, 0.6) is 0 Å². The number of rotatable bonds is 3. The van der Waals surface area contributed by atoms with Crippen LogP contribution in [0, 0.1) is 17.5 Å². The first-order valence-electron chi connectivity index (χ1n) is 10.6. The number of allylic oxidation sites excluding steroid dienone is 1. The molecular formula is C21H22F3N3O. The number of carbonyl (C=O) groups excluding carboxylic acids is 1. The zero-order valence-electron chi connectivity index (χ0n) is 18.1. The number of hydrogen-bond donors (Lipinski definition) is 1. The molecule has 1 N–H and O–H groups in total. The van der Waals surface area contributed by atoms with Crippen LogP contribution in [0.1, 0.15) is 29.4 Å². The molecule has 0 radical (unpaired) electrons. The van der Waals surface area contributed by atoms with Crippen LogP contribution in [0.2, 0.25) is 0 Å². The highest BCUT2D eigenvalue weighted by Gasteiger charge is 2.40. The summed E-state index contributed by atoms with van der Waals surface area (Å²) in [5.74, 6) is -3.77. The van der Waals surface area contributed by atoms with Crippen molar-refractivity contribution in [1.29, 1.82) is 0 Å². The van der Waals surface area contributed by atoms with E-state index in [4.69, 9.17) is 4.11 Å². The third kappa shape index (κ3) is 3.46. The maximum atomic E-state index is 13.8. The van der Waals surface area contributed by atoms with Crippen LogP contribution in [0.25, 0.3) is 0 Å². The molecule has 2 bridgehead atoms. The monoisotopic (exact) mass is 392 g/mol. The van der Waals surface area contributed by atoms with Crippen molar-refractivity contribution < 1.29 is 22.1 Å². The quantitative estimate of drug-likeness (QED) is 0.803. The molecule has 1 saturated heterocycles. The van der Waals surface area contributed by atoms with E-state index in [9.17, 15) is 18.0 Å². The Kier molecular flexibility index (Phi) is 3.92. The van der Waals surface area contributed by atoms with Crippen LogP contribution in [-0.4, -0.2) is 40.9 Å². The number of fused-ring (bicyclic) bond motifs is 4. The molecule has 0 spiro atoms. The van der Waals surface area contributed by atoms with Gasteiger partial charge in [-0.1, -0.05) is 18.2 Å². The molecule has 4 nitrogen and oxygen atoms in total. The summed E-state index contributed by atoms with van der Waals surface area (Å²) in [6.45, 7) is -1.21. The van der Waals surface area contributed by atoms with Crippen LogP contribution in [0.3, 0.4) is 0 Å². The number of hydrogen-bond acceptors (Lipinski definition) is 3. The van der Waals surface area contributed by atoms with Gasteiger partial charge in [0.1, 0.15) is 17.5 Å². The molecule has 0 aromatic heterocycles. The summed E-state index contributed by atoms with van der Waals surface area (Å²) in [7, 11) is 0. The standard InChI is InChI=1S/C21H22F3N3O/c1-21-6-2-3-7-26(13-21)12-16-5-4-14(11-27(16)21)20(28)25-10-17-18(23)8-15(22)9-19(17)24/h2-3,5,8-9,11H,4,6-7,10,12-13H2,1H3,(H,25,28)/i1D3. The Labute approximate surface area is 166 Å². The van der Waals surface area contributed by atoms with Gasteiger partial charge < -0.3 is 10.2 Å². The van der Waals surface area contributed by atoms with Crippen molar-refractivity contribution in [2.24, 2.45) is 0 Å². The second kappa shape index (κ2) is 7.13. The predicted molar refractivity (Wildman–Crippen MR) is 99.4 cm³/mol. The maximum absolute atomic E-state index is 13.8. The van der Waals surface area contributed by atoms with Crippen molar-refractivity contribution in [1.82, 2.24) is 15.1 Å². The molecule has 3 heterocycles. The van der Waals surface area contributed by atoms with E-state index in [-0.39, 0.29) is 12.0 Å². The van der Waals surface area contributed by atoms with Gasteiger partial charge in [-0.05, 0) is 19.7 Å². The molecule has 1 aromatic rings. The summed E-state index contributed by atoms with van der Waals surface area (Å²) in [6.07, 6.45) is 7.75. The third-order valence-corrected chi connectivity index (χ3v) is 5.29. The number of carbonyl (C=O) groups is 1. The van der Waals surface area contributed by atoms with E-state index >= 15 is 0 Å². The van der Waals surface area contributed by atoms with Crippen molar-refractivity contribution in [3.8, 4) is 0 Å². The Hall–Kier alpha value is -2.54. The lowest BCUT2D eigenvalue weighted by Gasteiger charge is -2.50. The fourth-order valence-corrected chi connectivity index (χ4v) is 3.86. The van der Waals surface area contributed by atoms with E-state index < -0.39 is 47.9 Å². The van der Waals surface area contributed by atoms with Crippen molar-refractivity contribution in [3.05, 3.63) is 70.8 Å². The molecule has 7 heteroatoms. The minimum atomic E-state index is -2.31. The average Bonchev–Trinajstić information content (AvgIpc) is 2.86. The van der Waals surface area contributed by atoms with Crippen molar-refractivity contribution >= 4 is 5.91 Å². The molecule has 28 heavy (non-hydrogen) atoms. The van der Waals surface area contributed by atoms with Gasteiger partial charge in [0.05, 0.1) is 5.54 Å². The van der Waals surface area contributed by atoms with E-state index in [0.29, 0.717) is 38.2 Å². The van der Waals surface area contributed by atoms with E-state index in [1.165, 1.54) is 0 Å². The zero-order chi connectivity index (χ0) is 22.4. The van der Waals surface area contributed by atoms with Gasteiger partial charge in [0.2, 0.25) is 5.91 Å². The predicted octanol–water partition coefficient (Wildman–Crippen LogP) is 3.23. The Bertz CT molecular complexity index is 982. The largest absolute Gasteiger partial charge is 0.348 e. The molecule has 0 saturated carbocycles. The highest BCUT2D eigenvalue weighted by molar-refractivity contribution is 5.93. The second-order valence-corrected chi connectivity index (χ2v) is 7.33. The van der Waals surface area contributed by atoms with E-state index in [0.717, 1.165) is 5.70 Å². The molecule has 148 valence electrons.